The van der Waals surface area contributed by atoms with Gasteiger partial charge in [-0.1, -0.05) is 31.4 Å². The minimum atomic E-state index is -0.148. The Morgan fingerprint density at radius 3 is 2.48 bits per heavy atom. The standard InChI is InChI=1S/C24H27N5O2/c1-31-22-10-6-5-9-20(22)21-15-23(26-16-25-21)27-18-11-13-19(14-12-18)29-24(30)28-17-7-3-2-4-8-17/h5-6,9-17H,2-4,7-8H2,1H3,(H,25,26,27)(H2,28,29,30). The van der Waals surface area contributed by atoms with Crippen molar-refractivity contribution in [1.29, 1.82) is 0 Å². The Morgan fingerprint density at radius 2 is 1.71 bits per heavy atom. The normalized spacial score (nSPS) is 14.0. The number of methoxy groups -OCH3 is 1. The topological polar surface area (TPSA) is 88.2 Å². The van der Waals surface area contributed by atoms with Crippen LogP contribution in [0.4, 0.5) is 22.0 Å². The van der Waals surface area contributed by atoms with E-state index in [1.165, 1.54) is 25.6 Å². The molecular formula is C24H27N5O2. The van der Waals surface area contributed by atoms with Crippen molar-refractivity contribution < 1.29 is 9.53 Å². The van der Waals surface area contributed by atoms with Crippen LogP contribution in [0.25, 0.3) is 11.3 Å². The lowest BCUT2D eigenvalue weighted by molar-refractivity contribution is 0.244. The van der Waals surface area contributed by atoms with E-state index in [9.17, 15) is 4.79 Å². The summed E-state index contributed by atoms with van der Waals surface area (Å²) < 4.78 is 5.43. The van der Waals surface area contributed by atoms with E-state index in [1.807, 2.05) is 54.6 Å². The van der Waals surface area contributed by atoms with E-state index >= 15 is 0 Å². The van der Waals surface area contributed by atoms with Gasteiger partial charge < -0.3 is 20.7 Å². The van der Waals surface area contributed by atoms with Gasteiger partial charge in [0.05, 0.1) is 12.8 Å². The fourth-order valence-corrected chi connectivity index (χ4v) is 3.81. The van der Waals surface area contributed by atoms with Crippen LogP contribution in [0, 0.1) is 0 Å². The average Bonchev–Trinajstić information content (AvgIpc) is 2.81. The fraction of sp³-hybridized carbons (Fsp3) is 0.292. The van der Waals surface area contributed by atoms with Gasteiger partial charge in [-0.15, -0.1) is 0 Å². The van der Waals surface area contributed by atoms with Crippen molar-refractivity contribution in [1.82, 2.24) is 15.3 Å². The molecule has 3 aromatic rings. The lowest BCUT2D eigenvalue weighted by atomic mass is 9.96. The van der Waals surface area contributed by atoms with Crippen molar-refractivity contribution in [3.8, 4) is 17.0 Å². The maximum Gasteiger partial charge on any atom is 0.319 e. The largest absolute Gasteiger partial charge is 0.496 e. The summed E-state index contributed by atoms with van der Waals surface area (Å²) in [7, 11) is 1.64. The quantitative estimate of drug-likeness (QED) is 0.503. The van der Waals surface area contributed by atoms with Gasteiger partial charge in [-0.3, -0.25) is 0 Å². The minimum Gasteiger partial charge on any atom is -0.496 e. The summed E-state index contributed by atoms with van der Waals surface area (Å²) in [5.41, 5.74) is 3.28. The summed E-state index contributed by atoms with van der Waals surface area (Å²) in [4.78, 5) is 20.9. The molecule has 1 aromatic heterocycles. The van der Waals surface area contributed by atoms with Crippen LogP contribution in [0.15, 0.2) is 60.9 Å². The monoisotopic (exact) mass is 417 g/mol. The second-order valence-corrected chi connectivity index (χ2v) is 7.62. The van der Waals surface area contributed by atoms with Gasteiger partial charge in [0.2, 0.25) is 0 Å². The predicted octanol–water partition coefficient (Wildman–Crippen LogP) is 5.35. The van der Waals surface area contributed by atoms with Crippen LogP contribution in [0.1, 0.15) is 32.1 Å². The lowest BCUT2D eigenvalue weighted by Crippen LogP contribution is -2.38. The van der Waals surface area contributed by atoms with Crippen LogP contribution in [0.5, 0.6) is 5.75 Å². The molecule has 0 atom stereocenters. The molecule has 3 N–H and O–H groups in total. The van der Waals surface area contributed by atoms with Crippen LogP contribution >= 0.6 is 0 Å². The molecule has 160 valence electrons. The predicted molar refractivity (Wildman–Crippen MR) is 123 cm³/mol. The minimum absolute atomic E-state index is 0.148. The van der Waals surface area contributed by atoms with Gasteiger partial charge in [-0.05, 0) is 49.2 Å². The highest BCUT2D eigenvalue weighted by Crippen LogP contribution is 2.29. The molecule has 1 aliphatic rings. The van der Waals surface area contributed by atoms with Crippen molar-refractivity contribution in [2.75, 3.05) is 17.7 Å². The van der Waals surface area contributed by atoms with E-state index in [-0.39, 0.29) is 12.1 Å². The molecule has 0 aliphatic heterocycles. The molecule has 0 saturated heterocycles. The molecule has 1 saturated carbocycles. The van der Waals surface area contributed by atoms with Crippen molar-refractivity contribution in [3.63, 3.8) is 0 Å². The number of rotatable bonds is 6. The third-order valence-corrected chi connectivity index (χ3v) is 5.41. The molecule has 1 aliphatic carbocycles. The van der Waals surface area contributed by atoms with Gasteiger partial charge in [0, 0.05) is 29.0 Å². The first-order chi connectivity index (χ1) is 15.2. The molecule has 1 heterocycles. The number of benzene rings is 2. The second kappa shape index (κ2) is 9.93. The number of amides is 2. The van der Waals surface area contributed by atoms with Crippen molar-refractivity contribution in [3.05, 3.63) is 60.9 Å². The Kier molecular flexibility index (Phi) is 6.62. The Balaban J connectivity index is 1.38. The first kappa shape index (κ1) is 20.7. The maximum absolute atomic E-state index is 12.2. The summed E-state index contributed by atoms with van der Waals surface area (Å²) in [6, 6.07) is 17.3. The van der Waals surface area contributed by atoms with Crippen LogP contribution in [0.2, 0.25) is 0 Å². The zero-order valence-electron chi connectivity index (χ0n) is 17.6. The third-order valence-electron chi connectivity index (χ3n) is 5.41. The molecule has 2 aromatic carbocycles. The van der Waals surface area contributed by atoms with Crippen LogP contribution < -0.4 is 20.7 Å². The number of aromatic nitrogens is 2. The van der Waals surface area contributed by atoms with Gasteiger partial charge in [-0.2, -0.15) is 0 Å². The Labute approximate surface area is 182 Å². The van der Waals surface area contributed by atoms with Gasteiger partial charge in [0.15, 0.2) is 0 Å². The van der Waals surface area contributed by atoms with Crippen LogP contribution in [-0.2, 0) is 0 Å². The Hall–Kier alpha value is -3.61. The van der Waals surface area contributed by atoms with Gasteiger partial charge in [-0.25, -0.2) is 14.8 Å². The van der Waals surface area contributed by atoms with Crippen molar-refractivity contribution in [2.24, 2.45) is 0 Å². The lowest BCUT2D eigenvalue weighted by Gasteiger charge is -2.22. The molecule has 0 spiro atoms. The molecule has 0 bridgehead atoms. The number of nitrogens with one attached hydrogen (secondary N) is 3. The smallest absolute Gasteiger partial charge is 0.319 e. The molecule has 31 heavy (non-hydrogen) atoms. The molecule has 4 rings (SSSR count). The molecule has 7 nitrogen and oxygen atoms in total. The number of nitrogens with zero attached hydrogens (tertiary/aromatic N) is 2. The number of para-hydroxylation sites is 1. The number of carbonyl (C=O) groups is 1. The van der Waals surface area contributed by atoms with Gasteiger partial charge >= 0.3 is 6.03 Å². The highest BCUT2D eigenvalue weighted by Gasteiger charge is 2.15. The fourth-order valence-electron chi connectivity index (χ4n) is 3.81. The van der Waals surface area contributed by atoms with E-state index in [0.29, 0.717) is 5.82 Å². The summed E-state index contributed by atoms with van der Waals surface area (Å²) in [5, 5.41) is 9.24. The number of ether oxygens (including phenoxy) is 1. The highest BCUT2D eigenvalue weighted by molar-refractivity contribution is 5.89. The summed E-state index contributed by atoms with van der Waals surface area (Å²) in [6.45, 7) is 0. The van der Waals surface area contributed by atoms with E-state index < -0.39 is 0 Å². The Bertz CT molecular complexity index is 1020. The van der Waals surface area contributed by atoms with Gasteiger partial charge in [0.25, 0.3) is 0 Å². The zero-order valence-corrected chi connectivity index (χ0v) is 17.6. The maximum atomic E-state index is 12.2. The zero-order chi connectivity index (χ0) is 21.5. The number of hydrogen-bond acceptors (Lipinski definition) is 5. The Morgan fingerprint density at radius 1 is 0.968 bits per heavy atom. The second-order valence-electron chi connectivity index (χ2n) is 7.62. The summed E-state index contributed by atoms with van der Waals surface area (Å²) in [5.74, 6) is 1.43. The summed E-state index contributed by atoms with van der Waals surface area (Å²) >= 11 is 0. The molecule has 0 unspecified atom stereocenters. The van der Waals surface area contributed by atoms with Crippen LogP contribution in [0.3, 0.4) is 0 Å². The summed E-state index contributed by atoms with van der Waals surface area (Å²) in [6.07, 6.45) is 7.29. The van der Waals surface area contributed by atoms with Crippen molar-refractivity contribution >= 4 is 23.2 Å². The molecular weight excluding hydrogens is 390 g/mol. The number of hydrogen-bond donors (Lipinski definition) is 3. The first-order valence-corrected chi connectivity index (χ1v) is 10.6. The van der Waals surface area contributed by atoms with E-state index in [1.54, 1.807) is 7.11 Å². The highest BCUT2D eigenvalue weighted by atomic mass is 16.5. The molecule has 7 heteroatoms. The van der Waals surface area contributed by atoms with E-state index in [2.05, 4.69) is 25.9 Å². The average molecular weight is 418 g/mol. The van der Waals surface area contributed by atoms with Crippen LogP contribution in [-0.4, -0.2) is 29.2 Å². The number of anilines is 3. The number of carbonyl (C=O) groups excluding carboxylic acids is 1. The SMILES string of the molecule is COc1ccccc1-c1cc(Nc2ccc(NC(=O)NC3CCCCC3)cc2)ncn1. The van der Waals surface area contributed by atoms with E-state index in [4.69, 9.17) is 4.74 Å². The number of urea groups is 1. The molecule has 1 fully saturated rings. The molecule has 0 radical (unpaired) electrons. The van der Waals surface area contributed by atoms with Crippen molar-refractivity contribution in [2.45, 2.75) is 38.1 Å². The van der Waals surface area contributed by atoms with E-state index in [0.717, 1.165) is 41.2 Å². The molecule has 2 amide bonds. The third kappa shape index (κ3) is 5.51. The first-order valence-electron chi connectivity index (χ1n) is 10.6. The van der Waals surface area contributed by atoms with Gasteiger partial charge in [0.1, 0.15) is 17.9 Å².